The van der Waals surface area contributed by atoms with E-state index in [2.05, 4.69) is 36.4 Å². The number of hydrogen-bond acceptors (Lipinski definition) is 2. The third-order valence-electron chi connectivity index (χ3n) is 2.67. The van der Waals surface area contributed by atoms with E-state index in [9.17, 15) is 0 Å². The van der Waals surface area contributed by atoms with Gasteiger partial charge in [0, 0.05) is 18.4 Å². The van der Waals surface area contributed by atoms with Gasteiger partial charge < -0.3 is 5.32 Å². The van der Waals surface area contributed by atoms with Crippen molar-refractivity contribution >= 4 is 5.69 Å². The number of rotatable bonds is 4. The number of aromatic nitrogens is 2. The Bertz CT molecular complexity index is 434. The highest BCUT2D eigenvalue weighted by Crippen LogP contribution is 2.20. The lowest BCUT2D eigenvalue weighted by Gasteiger charge is -2.16. The molecule has 1 unspecified atom stereocenters. The van der Waals surface area contributed by atoms with Crippen molar-refractivity contribution in [1.29, 1.82) is 0 Å². The van der Waals surface area contributed by atoms with Gasteiger partial charge in [0.2, 0.25) is 0 Å². The molecule has 1 atom stereocenters. The van der Waals surface area contributed by atoms with Gasteiger partial charge in [0.05, 0.1) is 11.4 Å². The third-order valence-corrected chi connectivity index (χ3v) is 2.67. The Hall–Kier alpha value is -1.77. The minimum Gasteiger partial charge on any atom is -0.381 e. The molecule has 0 aliphatic rings. The lowest BCUT2D eigenvalue weighted by molar-refractivity contribution is 0.760. The van der Waals surface area contributed by atoms with Gasteiger partial charge in [-0.3, -0.25) is 0 Å². The molecule has 0 saturated heterocycles. The molecule has 16 heavy (non-hydrogen) atoms. The van der Waals surface area contributed by atoms with Crippen LogP contribution in [-0.4, -0.2) is 15.8 Å². The van der Waals surface area contributed by atoms with Gasteiger partial charge in [-0.2, -0.15) is 5.10 Å². The van der Waals surface area contributed by atoms with Crippen molar-refractivity contribution in [2.24, 2.45) is 0 Å². The largest absolute Gasteiger partial charge is 0.381 e. The molecule has 0 radical (unpaired) electrons. The van der Waals surface area contributed by atoms with Crippen molar-refractivity contribution < 1.29 is 0 Å². The van der Waals surface area contributed by atoms with E-state index in [0.717, 1.165) is 17.8 Å². The molecule has 3 nitrogen and oxygen atoms in total. The monoisotopic (exact) mass is 215 g/mol. The SMILES string of the molecule is CCC(C)Nc1ccccc1-n1cccn1. The van der Waals surface area contributed by atoms with Crippen molar-refractivity contribution in [1.82, 2.24) is 9.78 Å². The fraction of sp³-hybridized carbons (Fsp3) is 0.308. The van der Waals surface area contributed by atoms with Gasteiger partial charge in [-0.25, -0.2) is 4.68 Å². The molecule has 0 spiro atoms. The van der Waals surface area contributed by atoms with Crippen molar-refractivity contribution in [3.8, 4) is 5.69 Å². The summed E-state index contributed by atoms with van der Waals surface area (Å²) in [5, 5.41) is 7.74. The van der Waals surface area contributed by atoms with Gasteiger partial charge in [-0.15, -0.1) is 0 Å². The lowest BCUT2D eigenvalue weighted by Crippen LogP contribution is -2.15. The van der Waals surface area contributed by atoms with Crippen LogP contribution in [0.3, 0.4) is 0 Å². The highest BCUT2D eigenvalue weighted by Gasteiger charge is 2.05. The molecule has 0 amide bonds. The Morgan fingerprint density at radius 2 is 2.12 bits per heavy atom. The Morgan fingerprint density at radius 3 is 2.81 bits per heavy atom. The molecular weight excluding hydrogens is 198 g/mol. The van der Waals surface area contributed by atoms with Crippen LogP contribution >= 0.6 is 0 Å². The zero-order valence-electron chi connectivity index (χ0n) is 9.72. The summed E-state index contributed by atoms with van der Waals surface area (Å²) in [6.45, 7) is 4.36. The minimum atomic E-state index is 0.469. The molecule has 0 bridgehead atoms. The van der Waals surface area contributed by atoms with Gasteiger partial charge in [0.15, 0.2) is 0 Å². The summed E-state index contributed by atoms with van der Waals surface area (Å²) in [4.78, 5) is 0. The second kappa shape index (κ2) is 4.84. The number of hydrogen-bond donors (Lipinski definition) is 1. The van der Waals surface area contributed by atoms with Crippen LogP contribution in [0.15, 0.2) is 42.7 Å². The van der Waals surface area contributed by atoms with Crippen LogP contribution in [0.25, 0.3) is 5.69 Å². The van der Waals surface area contributed by atoms with Crippen LogP contribution < -0.4 is 5.32 Å². The molecule has 2 rings (SSSR count). The predicted molar refractivity (Wildman–Crippen MR) is 66.9 cm³/mol. The summed E-state index contributed by atoms with van der Waals surface area (Å²) in [5.74, 6) is 0. The summed E-state index contributed by atoms with van der Waals surface area (Å²) in [7, 11) is 0. The molecule has 2 aromatic rings. The van der Waals surface area contributed by atoms with E-state index in [-0.39, 0.29) is 0 Å². The molecule has 0 aliphatic heterocycles. The summed E-state index contributed by atoms with van der Waals surface area (Å²) >= 11 is 0. The smallest absolute Gasteiger partial charge is 0.0876 e. The Morgan fingerprint density at radius 1 is 1.31 bits per heavy atom. The van der Waals surface area contributed by atoms with Gasteiger partial charge in [0.25, 0.3) is 0 Å². The van der Waals surface area contributed by atoms with Gasteiger partial charge in [0.1, 0.15) is 0 Å². The first-order valence-corrected chi connectivity index (χ1v) is 5.67. The quantitative estimate of drug-likeness (QED) is 0.849. The first kappa shape index (κ1) is 10.7. The van der Waals surface area contributed by atoms with E-state index in [4.69, 9.17) is 0 Å². The molecule has 0 aliphatic carbocycles. The maximum Gasteiger partial charge on any atom is 0.0876 e. The zero-order valence-corrected chi connectivity index (χ0v) is 9.72. The lowest BCUT2D eigenvalue weighted by atomic mass is 10.2. The van der Waals surface area contributed by atoms with E-state index < -0.39 is 0 Å². The first-order chi connectivity index (χ1) is 7.81. The average Bonchev–Trinajstić information content (AvgIpc) is 2.83. The summed E-state index contributed by atoms with van der Waals surface area (Å²) < 4.78 is 1.88. The summed E-state index contributed by atoms with van der Waals surface area (Å²) in [5.41, 5.74) is 2.22. The number of nitrogens with one attached hydrogen (secondary N) is 1. The second-order valence-corrected chi connectivity index (χ2v) is 3.92. The normalized spacial score (nSPS) is 12.4. The number of nitrogens with zero attached hydrogens (tertiary/aromatic N) is 2. The number of anilines is 1. The Labute approximate surface area is 96.1 Å². The Balaban J connectivity index is 2.31. The average molecular weight is 215 g/mol. The van der Waals surface area contributed by atoms with Crippen LogP contribution in [0.5, 0.6) is 0 Å². The maximum atomic E-state index is 4.26. The molecule has 1 heterocycles. The molecule has 3 heteroatoms. The Kier molecular flexibility index (Phi) is 3.25. The second-order valence-electron chi connectivity index (χ2n) is 3.92. The van der Waals surface area contributed by atoms with Crippen molar-refractivity contribution in [3.63, 3.8) is 0 Å². The standard InChI is InChI=1S/C13H17N3/c1-3-11(2)15-12-7-4-5-8-13(12)16-10-6-9-14-16/h4-11,15H,3H2,1-2H3. The number of benzene rings is 1. The van der Waals surface area contributed by atoms with Gasteiger partial charge >= 0.3 is 0 Å². The fourth-order valence-corrected chi connectivity index (χ4v) is 1.57. The van der Waals surface area contributed by atoms with E-state index in [0.29, 0.717) is 6.04 Å². The van der Waals surface area contributed by atoms with E-state index >= 15 is 0 Å². The minimum absolute atomic E-state index is 0.469. The van der Waals surface area contributed by atoms with Gasteiger partial charge in [-0.1, -0.05) is 19.1 Å². The van der Waals surface area contributed by atoms with Crippen molar-refractivity contribution in [2.75, 3.05) is 5.32 Å². The zero-order chi connectivity index (χ0) is 11.4. The molecule has 1 aromatic carbocycles. The number of para-hydroxylation sites is 2. The van der Waals surface area contributed by atoms with Crippen LogP contribution in [-0.2, 0) is 0 Å². The maximum absolute atomic E-state index is 4.26. The van der Waals surface area contributed by atoms with Crippen LogP contribution in [0.4, 0.5) is 5.69 Å². The molecule has 0 fully saturated rings. The van der Waals surface area contributed by atoms with E-state index in [1.165, 1.54) is 0 Å². The molecule has 84 valence electrons. The topological polar surface area (TPSA) is 29.9 Å². The van der Waals surface area contributed by atoms with E-state index in [1.54, 1.807) is 6.20 Å². The predicted octanol–water partition coefficient (Wildman–Crippen LogP) is 3.08. The highest BCUT2D eigenvalue weighted by molar-refractivity contribution is 5.60. The van der Waals surface area contributed by atoms with Crippen LogP contribution in [0, 0.1) is 0 Å². The molecule has 1 N–H and O–H groups in total. The molecular formula is C13H17N3. The molecule has 0 saturated carbocycles. The highest BCUT2D eigenvalue weighted by atomic mass is 15.3. The summed E-state index contributed by atoms with van der Waals surface area (Å²) in [6.07, 6.45) is 4.85. The van der Waals surface area contributed by atoms with Gasteiger partial charge in [-0.05, 0) is 31.5 Å². The first-order valence-electron chi connectivity index (χ1n) is 5.67. The third kappa shape index (κ3) is 2.24. The molecule has 1 aromatic heterocycles. The van der Waals surface area contributed by atoms with E-state index in [1.807, 2.05) is 29.1 Å². The fourth-order valence-electron chi connectivity index (χ4n) is 1.57. The van der Waals surface area contributed by atoms with Crippen molar-refractivity contribution in [2.45, 2.75) is 26.3 Å². The van der Waals surface area contributed by atoms with Crippen molar-refractivity contribution in [3.05, 3.63) is 42.7 Å². The van der Waals surface area contributed by atoms with Crippen LogP contribution in [0.2, 0.25) is 0 Å². The van der Waals surface area contributed by atoms with Crippen LogP contribution in [0.1, 0.15) is 20.3 Å². The summed E-state index contributed by atoms with van der Waals surface area (Å²) in [6, 6.07) is 10.6.